The molecule has 0 aliphatic heterocycles. The third-order valence-corrected chi connectivity index (χ3v) is 3.88. The van der Waals surface area contributed by atoms with Gasteiger partial charge in [0.25, 0.3) is 0 Å². The molecule has 7 nitrogen and oxygen atoms in total. The number of amides is 1. The fourth-order valence-electron chi connectivity index (χ4n) is 1.62. The van der Waals surface area contributed by atoms with Crippen LogP contribution in [0.3, 0.4) is 0 Å². The van der Waals surface area contributed by atoms with Crippen molar-refractivity contribution in [1.29, 1.82) is 0 Å². The molecular weight excluding hydrogens is 340 g/mol. The molecular formula is C14H15ClN4O3S. The Bertz CT molecular complexity index is 705. The van der Waals surface area contributed by atoms with Crippen LogP contribution in [0.4, 0.5) is 15.6 Å². The van der Waals surface area contributed by atoms with Gasteiger partial charge in [0, 0.05) is 0 Å². The number of nitrogens with zero attached hydrogens (tertiary/aromatic N) is 2. The first-order valence-electron chi connectivity index (χ1n) is 6.66. The van der Waals surface area contributed by atoms with E-state index in [9.17, 15) is 4.79 Å². The van der Waals surface area contributed by atoms with Crippen molar-refractivity contribution in [2.75, 3.05) is 19.0 Å². The van der Waals surface area contributed by atoms with Crippen molar-refractivity contribution < 1.29 is 14.3 Å². The standard InChI is InChI=1S/C14H15ClN4O3S/c1-3-22-14(20)19-16-8-11-12(15)18-13(23-11)17-9-6-4-5-7-10(9)21-2/h4-8H,3H2,1-2H3,(H,17,18)(H,19,20)/b16-8+. The number of aromatic nitrogens is 1. The molecule has 9 heteroatoms. The number of nitrogens with one attached hydrogen (secondary N) is 2. The van der Waals surface area contributed by atoms with Crippen molar-refractivity contribution in [3.63, 3.8) is 0 Å². The van der Waals surface area contributed by atoms with E-state index in [4.69, 9.17) is 16.3 Å². The molecule has 0 fully saturated rings. The molecule has 0 saturated heterocycles. The van der Waals surface area contributed by atoms with E-state index >= 15 is 0 Å². The number of thiazole rings is 1. The van der Waals surface area contributed by atoms with Crippen molar-refractivity contribution >= 4 is 46.1 Å². The second-order valence-corrected chi connectivity index (χ2v) is 5.48. The smallest absolute Gasteiger partial charge is 0.427 e. The summed E-state index contributed by atoms with van der Waals surface area (Å²) in [6, 6.07) is 7.46. The number of ether oxygens (including phenoxy) is 2. The molecule has 122 valence electrons. The SMILES string of the molecule is CCOC(=O)N/N=C/c1sc(Nc2ccccc2OC)nc1Cl. The van der Waals surface area contributed by atoms with Crippen molar-refractivity contribution in [2.45, 2.75) is 6.92 Å². The second kappa shape index (κ2) is 8.35. The van der Waals surface area contributed by atoms with Crippen LogP contribution in [-0.4, -0.2) is 31.0 Å². The summed E-state index contributed by atoms with van der Waals surface area (Å²) in [5.41, 5.74) is 3.00. The number of hydrazone groups is 1. The lowest BCUT2D eigenvalue weighted by Gasteiger charge is -2.07. The predicted octanol–water partition coefficient (Wildman–Crippen LogP) is 3.63. The minimum Gasteiger partial charge on any atom is -0.495 e. The van der Waals surface area contributed by atoms with Gasteiger partial charge in [0.15, 0.2) is 10.3 Å². The van der Waals surface area contributed by atoms with Crippen LogP contribution in [-0.2, 0) is 4.74 Å². The maximum Gasteiger partial charge on any atom is 0.427 e. The van der Waals surface area contributed by atoms with Gasteiger partial charge in [0.2, 0.25) is 0 Å². The van der Waals surface area contributed by atoms with Crippen molar-refractivity contribution in [2.24, 2.45) is 5.10 Å². The zero-order valence-electron chi connectivity index (χ0n) is 12.5. The fourth-order valence-corrected chi connectivity index (χ4v) is 2.66. The number of hydrogen-bond donors (Lipinski definition) is 2. The maximum absolute atomic E-state index is 11.1. The minimum absolute atomic E-state index is 0.273. The van der Waals surface area contributed by atoms with Gasteiger partial charge in [-0.2, -0.15) is 5.10 Å². The first-order valence-corrected chi connectivity index (χ1v) is 7.85. The van der Waals surface area contributed by atoms with Crippen LogP contribution in [0.25, 0.3) is 0 Å². The Balaban J connectivity index is 2.06. The summed E-state index contributed by atoms with van der Waals surface area (Å²) >= 11 is 7.34. The zero-order valence-corrected chi connectivity index (χ0v) is 14.1. The van der Waals surface area contributed by atoms with Gasteiger partial charge in [-0.1, -0.05) is 35.1 Å². The molecule has 2 N–H and O–H groups in total. The summed E-state index contributed by atoms with van der Waals surface area (Å²) in [4.78, 5) is 15.9. The van der Waals surface area contributed by atoms with Crippen LogP contribution in [0.1, 0.15) is 11.8 Å². The monoisotopic (exact) mass is 354 g/mol. The van der Waals surface area contributed by atoms with Crippen molar-refractivity contribution in [1.82, 2.24) is 10.4 Å². The Kier molecular flexibility index (Phi) is 6.19. The summed E-state index contributed by atoms with van der Waals surface area (Å²) in [6.07, 6.45) is 0.779. The van der Waals surface area contributed by atoms with E-state index in [0.29, 0.717) is 15.8 Å². The van der Waals surface area contributed by atoms with E-state index in [1.807, 2.05) is 24.3 Å². The molecule has 2 rings (SSSR count). The largest absolute Gasteiger partial charge is 0.495 e. The number of carbonyl (C=O) groups excluding carboxylic acids is 1. The Hall–Kier alpha value is -2.32. The molecule has 0 aliphatic carbocycles. The Labute approximate surface area is 142 Å². The van der Waals surface area contributed by atoms with Crippen molar-refractivity contribution in [3.8, 4) is 5.75 Å². The number of anilines is 2. The van der Waals surface area contributed by atoms with Crippen LogP contribution < -0.4 is 15.5 Å². The zero-order chi connectivity index (χ0) is 16.7. The van der Waals surface area contributed by atoms with Crippen LogP contribution in [0.15, 0.2) is 29.4 Å². The Morgan fingerprint density at radius 3 is 3.00 bits per heavy atom. The third-order valence-electron chi connectivity index (χ3n) is 2.57. The second-order valence-electron chi connectivity index (χ2n) is 4.09. The molecule has 2 aromatic rings. The molecule has 1 heterocycles. The first kappa shape index (κ1) is 17.0. The highest BCUT2D eigenvalue weighted by Crippen LogP contribution is 2.31. The lowest BCUT2D eigenvalue weighted by Crippen LogP contribution is -2.18. The summed E-state index contributed by atoms with van der Waals surface area (Å²) in [5, 5.41) is 7.75. The van der Waals surface area contributed by atoms with E-state index in [-0.39, 0.29) is 11.8 Å². The van der Waals surface area contributed by atoms with Crippen LogP contribution >= 0.6 is 22.9 Å². The molecule has 0 aliphatic rings. The average molecular weight is 355 g/mol. The normalized spacial score (nSPS) is 10.6. The highest BCUT2D eigenvalue weighted by Gasteiger charge is 2.10. The lowest BCUT2D eigenvalue weighted by molar-refractivity contribution is 0.152. The highest BCUT2D eigenvalue weighted by atomic mass is 35.5. The summed E-state index contributed by atoms with van der Waals surface area (Å²) < 4.78 is 9.95. The number of hydrogen-bond acceptors (Lipinski definition) is 7. The highest BCUT2D eigenvalue weighted by molar-refractivity contribution is 7.17. The Morgan fingerprint density at radius 2 is 2.26 bits per heavy atom. The van der Waals surface area contributed by atoms with Crippen LogP contribution in [0, 0.1) is 0 Å². The number of carbonyl (C=O) groups is 1. The van der Waals surface area contributed by atoms with Gasteiger partial charge >= 0.3 is 6.09 Å². The number of rotatable bonds is 6. The molecule has 0 atom stereocenters. The molecule has 0 spiro atoms. The van der Waals surface area contributed by atoms with Crippen LogP contribution in [0.5, 0.6) is 5.75 Å². The number of para-hydroxylation sites is 2. The van der Waals surface area contributed by atoms with Crippen molar-refractivity contribution in [3.05, 3.63) is 34.3 Å². The minimum atomic E-state index is -0.628. The number of methoxy groups -OCH3 is 1. The van der Waals surface area contributed by atoms with Gasteiger partial charge in [-0.05, 0) is 19.1 Å². The molecule has 1 amide bonds. The number of halogens is 1. The fraction of sp³-hybridized carbons (Fsp3) is 0.214. The molecule has 1 aromatic heterocycles. The van der Waals surface area contributed by atoms with Crippen LogP contribution in [0.2, 0.25) is 5.15 Å². The Morgan fingerprint density at radius 1 is 1.48 bits per heavy atom. The lowest BCUT2D eigenvalue weighted by atomic mass is 10.3. The third kappa shape index (κ3) is 4.83. The predicted molar refractivity (Wildman–Crippen MR) is 91.2 cm³/mol. The summed E-state index contributed by atoms with van der Waals surface area (Å²) in [7, 11) is 1.59. The van der Waals surface area contributed by atoms with E-state index in [1.165, 1.54) is 17.6 Å². The van der Waals surface area contributed by atoms with Gasteiger partial charge in [-0.3, -0.25) is 0 Å². The quantitative estimate of drug-likeness (QED) is 0.611. The molecule has 0 saturated carbocycles. The van der Waals surface area contributed by atoms with Gasteiger partial charge in [0.05, 0.1) is 30.5 Å². The van der Waals surface area contributed by atoms with E-state index in [2.05, 4.69) is 25.6 Å². The topological polar surface area (TPSA) is 84.8 Å². The van der Waals surface area contributed by atoms with E-state index in [0.717, 1.165) is 5.69 Å². The molecule has 0 unspecified atom stereocenters. The van der Waals surface area contributed by atoms with Gasteiger partial charge < -0.3 is 14.8 Å². The molecule has 0 bridgehead atoms. The van der Waals surface area contributed by atoms with Gasteiger partial charge in [0.1, 0.15) is 5.75 Å². The summed E-state index contributed by atoms with van der Waals surface area (Å²) in [5.74, 6) is 0.693. The summed E-state index contributed by atoms with van der Waals surface area (Å²) in [6.45, 7) is 1.98. The maximum atomic E-state index is 11.1. The van der Waals surface area contributed by atoms with Gasteiger partial charge in [-0.15, -0.1) is 0 Å². The number of benzene rings is 1. The van der Waals surface area contributed by atoms with E-state index < -0.39 is 6.09 Å². The molecule has 23 heavy (non-hydrogen) atoms. The average Bonchev–Trinajstić information content (AvgIpc) is 2.88. The van der Waals surface area contributed by atoms with Gasteiger partial charge in [-0.25, -0.2) is 15.2 Å². The molecule has 0 radical (unpaired) electrons. The first-order chi connectivity index (χ1) is 11.1. The van der Waals surface area contributed by atoms with E-state index in [1.54, 1.807) is 14.0 Å². The molecule has 1 aromatic carbocycles.